The summed E-state index contributed by atoms with van der Waals surface area (Å²) >= 11 is 0. The standard InChI is InChI=1S/C16H11N7/c17-8-13-11-1-4-16(7-12(11)22-23-13,14-2-5-18-9-20-14)15-3-6-19-10-21-15/h1-6,9-10H,7H2,(H,22,23). The lowest BCUT2D eigenvalue weighted by Crippen LogP contribution is -2.32. The van der Waals surface area contributed by atoms with Gasteiger partial charge in [-0.05, 0) is 12.1 Å². The average molecular weight is 301 g/mol. The van der Waals surface area contributed by atoms with E-state index in [1.54, 1.807) is 12.4 Å². The molecule has 23 heavy (non-hydrogen) atoms. The molecule has 0 atom stereocenters. The van der Waals surface area contributed by atoms with Gasteiger partial charge in [-0.15, -0.1) is 0 Å². The summed E-state index contributed by atoms with van der Waals surface area (Å²) in [5.41, 5.74) is 3.24. The Morgan fingerprint density at radius 2 is 1.78 bits per heavy atom. The van der Waals surface area contributed by atoms with Crippen molar-refractivity contribution in [2.45, 2.75) is 11.8 Å². The Morgan fingerprint density at radius 1 is 1.09 bits per heavy atom. The Kier molecular flexibility index (Phi) is 2.95. The average Bonchev–Trinajstić information content (AvgIpc) is 3.05. The van der Waals surface area contributed by atoms with Crippen molar-refractivity contribution in [3.8, 4) is 6.07 Å². The summed E-state index contributed by atoms with van der Waals surface area (Å²) in [6.07, 6.45) is 11.0. The highest BCUT2D eigenvalue weighted by molar-refractivity contribution is 5.65. The largest absolute Gasteiger partial charge is 0.281 e. The van der Waals surface area contributed by atoms with E-state index in [1.165, 1.54) is 12.7 Å². The van der Waals surface area contributed by atoms with E-state index in [0.29, 0.717) is 12.1 Å². The zero-order valence-corrected chi connectivity index (χ0v) is 12.0. The SMILES string of the molecule is N#Cc1n[nH]c2c1C=CC(c1ccncn1)(c1ccncn1)C2. The van der Waals surface area contributed by atoms with Crippen LogP contribution >= 0.6 is 0 Å². The van der Waals surface area contributed by atoms with Crippen LogP contribution in [0.3, 0.4) is 0 Å². The molecular formula is C16H11N7. The van der Waals surface area contributed by atoms with Crippen molar-refractivity contribution in [3.63, 3.8) is 0 Å². The monoisotopic (exact) mass is 301 g/mol. The fourth-order valence-corrected chi connectivity index (χ4v) is 2.94. The first kappa shape index (κ1) is 13.3. The summed E-state index contributed by atoms with van der Waals surface area (Å²) < 4.78 is 0. The Balaban J connectivity index is 1.92. The van der Waals surface area contributed by atoms with Crippen LogP contribution in [-0.2, 0) is 11.8 Å². The number of rotatable bonds is 2. The van der Waals surface area contributed by atoms with Gasteiger partial charge in [0.25, 0.3) is 0 Å². The first-order valence-corrected chi connectivity index (χ1v) is 7.03. The number of fused-ring (bicyclic) bond motifs is 1. The van der Waals surface area contributed by atoms with Crippen molar-refractivity contribution < 1.29 is 0 Å². The van der Waals surface area contributed by atoms with Gasteiger partial charge in [0.15, 0.2) is 5.69 Å². The minimum absolute atomic E-state index is 0.398. The highest BCUT2D eigenvalue weighted by atomic mass is 15.1. The van der Waals surface area contributed by atoms with Crippen LogP contribution in [0.4, 0.5) is 0 Å². The topological polar surface area (TPSA) is 104 Å². The highest BCUT2D eigenvalue weighted by Gasteiger charge is 2.39. The Morgan fingerprint density at radius 3 is 2.35 bits per heavy atom. The number of hydrogen-bond acceptors (Lipinski definition) is 6. The van der Waals surface area contributed by atoms with Gasteiger partial charge in [-0.25, -0.2) is 19.9 Å². The second-order valence-electron chi connectivity index (χ2n) is 5.25. The number of aromatic amines is 1. The summed E-state index contributed by atoms with van der Waals surface area (Å²) in [5, 5.41) is 16.2. The molecule has 0 fully saturated rings. The second-order valence-corrected chi connectivity index (χ2v) is 5.25. The molecule has 3 aromatic heterocycles. The molecule has 0 spiro atoms. The molecule has 7 nitrogen and oxygen atoms in total. The molecule has 0 saturated heterocycles. The predicted octanol–water partition coefficient (Wildman–Crippen LogP) is 1.42. The molecule has 110 valence electrons. The Labute approximate surface area is 131 Å². The van der Waals surface area contributed by atoms with Crippen molar-refractivity contribution in [2.24, 2.45) is 0 Å². The summed E-state index contributed by atoms with van der Waals surface area (Å²) in [6, 6.07) is 5.85. The van der Waals surface area contributed by atoms with Gasteiger partial charge in [0.05, 0.1) is 16.8 Å². The summed E-state index contributed by atoms with van der Waals surface area (Å²) in [5.74, 6) is 0. The minimum Gasteiger partial charge on any atom is -0.281 e. The molecule has 0 aromatic carbocycles. The lowest BCUT2D eigenvalue weighted by atomic mass is 9.73. The van der Waals surface area contributed by atoms with Crippen LogP contribution in [0.25, 0.3) is 6.08 Å². The number of nitrogens with zero attached hydrogens (tertiary/aromatic N) is 6. The van der Waals surface area contributed by atoms with Crippen molar-refractivity contribution in [2.75, 3.05) is 0 Å². The first-order valence-electron chi connectivity index (χ1n) is 7.03. The quantitative estimate of drug-likeness (QED) is 0.767. The van der Waals surface area contributed by atoms with Crippen LogP contribution in [0, 0.1) is 11.3 Å². The van der Waals surface area contributed by atoms with Gasteiger partial charge in [0, 0.05) is 30.1 Å². The van der Waals surface area contributed by atoms with E-state index in [9.17, 15) is 0 Å². The molecule has 4 rings (SSSR count). The zero-order chi connectivity index (χ0) is 15.7. The van der Waals surface area contributed by atoms with Crippen molar-refractivity contribution >= 4 is 6.08 Å². The number of hydrogen-bond donors (Lipinski definition) is 1. The molecule has 0 amide bonds. The molecule has 1 aliphatic carbocycles. The van der Waals surface area contributed by atoms with Crippen LogP contribution in [0.5, 0.6) is 0 Å². The van der Waals surface area contributed by atoms with E-state index in [4.69, 9.17) is 5.26 Å². The van der Waals surface area contributed by atoms with E-state index in [1.807, 2.05) is 24.3 Å². The van der Waals surface area contributed by atoms with Crippen molar-refractivity contribution in [1.82, 2.24) is 30.1 Å². The molecule has 1 N–H and O–H groups in total. The molecule has 3 aromatic rings. The van der Waals surface area contributed by atoms with Gasteiger partial charge in [-0.3, -0.25) is 5.10 Å². The van der Waals surface area contributed by atoms with E-state index in [0.717, 1.165) is 22.6 Å². The molecule has 7 heteroatoms. The fraction of sp³-hybridized carbons (Fsp3) is 0.125. The number of aromatic nitrogens is 6. The molecule has 0 aliphatic heterocycles. The van der Waals surface area contributed by atoms with Crippen molar-refractivity contribution in [1.29, 1.82) is 5.26 Å². The molecule has 0 unspecified atom stereocenters. The van der Waals surface area contributed by atoms with Gasteiger partial charge >= 0.3 is 0 Å². The van der Waals surface area contributed by atoms with E-state index in [-0.39, 0.29) is 0 Å². The third-order valence-electron chi connectivity index (χ3n) is 4.06. The van der Waals surface area contributed by atoms with Crippen molar-refractivity contribution in [3.05, 3.63) is 71.6 Å². The normalized spacial score (nSPS) is 14.9. The van der Waals surface area contributed by atoms with Crippen LogP contribution in [0.15, 0.2) is 43.3 Å². The van der Waals surface area contributed by atoms with E-state index < -0.39 is 5.41 Å². The van der Waals surface area contributed by atoms with Gasteiger partial charge in [-0.1, -0.05) is 12.2 Å². The Bertz CT molecular complexity index is 867. The third kappa shape index (κ3) is 2.00. The van der Waals surface area contributed by atoms with Crippen LogP contribution in [0.1, 0.15) is 28.3 Å². The first-order chi connectivity index (χ1) is 11.3. The van der Waals surface area contributed by atoms with Gasteiger partial charge in [-0.2, -0.15) is 10.4 Å². The minimum atomic E-state index is -0.544. The van der Waals surface area contributed by atoms with Gasteiger partial charge in [0.1, 0.15) is 18.7 Å². The van der Waals surface area contributed by atoms with Crippen LogP contribution < -0.4 is 0 Å². The van der Waals surface area contributed by atoms with Crippen LogP contribution in [0.2, 0.25) is 0 Å². The number of H-pyrrole nitrogens is 1. The summed E-state index contributed by atoms with van der Waals surface area (Å²) in [4.78, 5) is 16.8. The van der Waals surface area contributed by atoms with E-state index >= 15 is 0 Å². The maximum Gasteiger partial charge on any atom is 0.169 e. The number of allylic oxidation sites excluding steroid dienone is 1. The lowest BCUT2D eigenvalue weighted by Gasteiger charge is -2.31. The van der Waals surface area contributed by atoms with E-state index in [2.05, 4.69) is 36.2 Å². The van der Waals surface area contributed by atoms with Gasteiger partial charge in [0.2, 0.25) is 0 Å². The molecule has 0 bridgehead atoms. The fourth-order valence-electron chi connectivity index (χ4n) is 2.94. The smallest absolute Gasteiger partial charge is 0.169 e. The molecule has 1 aliphatic rings. The maximum atomic E-state index is 9.14. The highest BCUT2D eigenvalue weighted by Crippen LogP contribution is 2.39. The second kappa shape index (κ2) is 5.10. The summed E-state index contributed by atoms with van der Waals surface area (Å²) in [6.45, 7) is 0. The molecule has 3 heterocycles. The maximum absolute atomic E-state index is 9.14. The number of nitriles is 1. The lowest BCUT2D eigenvalue weighted by molar-refractivity contribution is 0.578. The third-order valence-corrected chi connectivity index (χ3v) is 4.06. The zero-order valence-electron chi connectivity index (χ0n) is 12.0. The molecular weight excluding hydrogens is 290 g/mol. The summed E-state index contributed by atoms with van der Waals surface area (Å²) in [7, 11) is 0. The van der Waals surface area contributed by atoms with Gasteiger partial charge < -0.3 is 0 Å². The number of nitrogens with one attached hydrogen (secondary N) is 1. The Hall–Kier alpha value is -3.40. The molecule has 0 saturated carbocycles. The predicted molar refractivity (Wildman–Crippen MR) is 80.9 cm³/mol. The molecule has 0 radical (unpaired) electrons. The van der Waals surface area contributed by atoms with Crippen LogP contribution in [-0.4, -0.2) is 30.1 Å².